The van der Waals surface area contributed by atoms with Crippen LogP contribution in [0.4, 0.5) is 11.6 Å². The first kappa shape index (κ1) is 20.4. The molecule has 0 aliphatic carbocycles. The lowest BCUT2D eigenvalue weighted by Gasteiger charge is -2.17. The maximum Gasteiger partial charge on any atom is 0.332 e. The molecule has 0 unspecified atom stereocenters. The Hall–Kier alpha value is -2.83. The van der Waals surface area contributed by atoms with Gasteiger partial charge in [-0.3, -0.25) is 13.9 Å². The number of hydrogen-bond acceptors (Lipinski definition) is 4. The maximum absolute atomic E-state index is 13.3. The zero-order valence-corrected chi connectivity index (χ0v) is 18.4. The van der Waals surface area contributed by atoms with E-state index in [1.165, 1.54) is 33.1 Å². The fourth-order valence-electron chi connectivity index (χ4n) is 4.29. The number of fused-ring (bicyclic) bond motifs is 3. The average Bonchev–Trinajstić information content (AvgIpc) is 3.30. The summed E-state index contributed by atoms with van der Waals surface area (Å²) in [5, 5.41) is 0. The standard InChI is InChI=1S/C23H31N5O2/c1-5-6-7-8-9-12-28-21(29)19-20(25(4)23(28)30)24-22-26(13-14-27(19)22)18-11-10-16(2)17(3)15-18/h10-11,15H,5-9,12-14H2,1-4H3. The lowest BCUT2D eigenvalue weighted by Crippen LogP contribution is -2.39. The Morgan fingerprint density at radius 1 is 1.00 bits per heavy atom. The van der Waals surface area contributed by atoms with Crippen LogP contribution in [0.25, 0.3) is 11.2 Å². The van der Waals surface area contributed by atoms with Gasteiger partial charge in [0.2, 0.25) is 5.95 Å². The lowest BCUT2D eigenvalue weighted by molar-refractivity contribution is 0.531. The highest BCUT2D eigenvalue weighted by Crippen LogP contribution is 2.32. The Balaban J connectivity index is 1.74. The van der Waals surface area contributed by atoms with E-state index in [1.807, 2.05) is 4.57 Å². The van der Waals surface area contributed by atoms with Crippen molar-refractivity contribution in [1.82, 2.24) is 18.7 Å². The molecule has 1 aliphatic heterocycles. The molecule has 0 radical (unpaired) electrons. The fourth-order valence-corrected chi connectivity index (χ4v) is 4.29. The Morgan fingerprint density at radius 2 is 1.77 bits per heavy atom. The third-order valence-electron chi connectivity index (χ3n) is 6.29. The number of anilines is 2. The Kier molecular flexibility index (Phi) is 5.54. The molecule has 160 valence electrons. The van der Waals surface area contributed by atoms with Gasteiger partial charge in [0.25, 0.3) is 5.56 Å². The molecule has 2 aromatic heterocycles. The van der Waals surface area contributed by atoms with E-state index in [1.54, 1.807) is 7.05 Å². The molecule has 7 nitrogen and oxygen atoms in total. The number of aryl methyl sites for hydroxylation is 3. The summed E-state index contributed by atoms with van der Waals surface area (Å²) in [6, 6.07) is 6.35. The molecule has 0 saturated heterocycles. The van der Waals surface area contributed by atoms with E-state index in [0.717, 1.165) is 37.4 Å². The summed E-state index contributed by atoms with van der Waals surface area (Å²) in [6.07, 6.45) is 5.38. The van der Waals surface area contributed by atoms with Crippen LogP contribution in [-0.4, -0.2) is 25.2 Å². The third kappa shape index (κ3) is 3.36. The first-order valence-electron chi connectivity index (χ1n) is 11.0. The van der Waals surface area contributed by atoms with Crippen LogP contribution in [0.2, 0.25) is 0 Å². The van der Waals surface area contributed by atoms with Crippen LogP contribution in [0, 0.1) is 13.8 Å². The highest BCUT2D eigenvalue weighted by molar-refractivity contribution is 5.77. The normalized spacial score (nSPS) is 13.4. The summed E-state index contributed by atoms with van der Waals surface area (Å²) in [5.74, 6) is 0.737. The van der Waals surface area contributed by atoms with Crippen molar-refractivity contribution in [2.45, 2.75) is 66.0 Å². The maximum atomic E-state index is 13.3. The number of nitrogens with zero attached hydrogens (tertiary/aromatic N) is 5. The Morgan fingerprint density at radius 3 is 2.50 bits per heavy atom. The molecule has 0 N–H and O–H groups in total. The molecule has 0 saturated carbocycles. The van der Waals surface area contributed by atoms with Gasteiger partial charge in [-0.25, -0.2) is 4.79 Å². The molecule has 3 heterocycles. The molecular weight excluding hydrogens is 378 g/mol. The van der Waals surface area contributed by atoms with Crippen molar-refractivity contribution in [3.63, 3.8) is 0 Å². The van der Waals surface area contributed by atoms with E-state index >= 15 is 0 Å². The second kappa shape index (κ2) is 8.13. The minimum Gasteiger partial charge on any atom is -0.310 e. The van der Waals surface area contributed by atoms with Gasteiger partial charge < -0.3 is 9.47 Å². The smallest absolute Gasteiger partial charge is 0.310 e. The van der Waals surface area contributed by atoms with E-state index in [-0.39, 0.29) is 11.2 Å². The minimum absolute atomic E-state index is 0.218. The Labute approximate surface area is 176 Å². The monoisotopic (exact) mass is 409 g/mol. The van der Waals surface area contributed by atoms with Gasteiger partial charge in [0.15, 0.2) is 11.2 Å². The van der Waals surface area contributed by atoms with Gasteiger partial charge in [0.05, 0.1) is 0 Å². The molecule has 7 heteroatoms. The van der Waals surface area contributed by atoms with E-state index < -0.39 is 0 Å². The van der Waals surface area contributed by atoms with Crippen molar-refractivity contribution in [2.24, 2.45) is 7.05 Å². The van der Waals surface area contributed by atoms with Crippen LogP contribution in [-0.2, 0) is 20.1 Å². The molecule has 0 bridgehead atoms. The van der Waals surface area contributed by atoms with E-state index in [9.17, 15) is 9.59 Å². The van der Waals surface area contributed by atoms with Crippen molar-refractivity contribution in [3.8, 4) is 0 Å². The van der Waals surface area contributed by atoms with Crippen molar-refractivity contribution in [3.05, 3.63) is 50.2 Å². The summed E-state index contributed by atoms with van der Waals surface area (Å²) in [5.41, 5.74) is 4.04. The van der Waals surface area contributed by atoms with Crippen LogP contribution < -0.4 is 16.1 Å². The zero-order valence-electron chi connectivity index (χ0n) is 18.4. The van der Waals surface area contributed by atoms with Crippen LogP contribution >= 0.6 is 0 Å². The molecular formula is C23H31N5O2. The summed E-state index contributed by atoms with van der Waals surface area (Å²) in [7, 11) is 1.71. The van der Waals surface area contributed by atoms with Gasteiger partial charge in [-0.2, -0.15) is 4.98 Å². The van der Waals surface area contributed by atoms with Gasteiger partial charge in [-0.1, -0.05) is 38.7 Å². The average molecular weight is 410 g/mol. The summed E-state index contributed by atoms with van der Waals surface area (Å²) in [4.78, 5) is 33.0. The van der Waals surface area contributed by atoms with Crippen molar-refractivity contribution in [2.75, 3.05) is 11.4 Å². The second-order valence-electron chi connectivity index (χ2n) is 8.37. The van der Waals surface area contributed by atoms with Crippen molar-refractivity contribution in [1.29, 1.82) is 0 Å². The zero-order chi connectivity index (χ0) is 21.4. The van der Waals surface area contributed by atoms with Gasteiger partial charge in [0, 0.05) is 32.4 Å². The third-order valence-corrected chi connectivity index (χ3v) is 6.29. The van der Waals surface area contributed by atoms with Gasteiger partial charge in [0.1, 0.15) is 0 Å². The van der Waals surface area contributed by atoms with E-state index in [0.29, 0.717) is 24.3 Å². The molecule has 0 atom stereocenters. The fraction of sp³-hybridized carbons (Fsp3) is 0.522. The Bertz CT molecular complexity index is 1200. The molecule has 1 aromatic carbocycles. The molecule has 4 rings (SSSR count). The summed E-state index contributed by atoms with van der Waals surface area (Å²) < 4.78 is 4.88. The van der Waals surface area contributed by atoms with Gasteiger partial charge in [-0.05, 0) is 43.5 Å². The minimum atomic E-state index is -0.280. The number of imidazole rings is 1. The molecule has 1 aliphatic rings. The SMILES string of the molecule is CCCCCCCn1c(=O)c2c(nc3n2CCN3c2ccc(C)c(C)c2)n(C)c1=O. The van der Waals surface area contributed by atoms with E-state index in [4.69, 9.17) is 4.98 Å². The predicted octanol–water partition coefficient (Wildman–Crippen LogP) is 3.64. The molecule has 0 spiro atoms. The van der Waals surface area contributed by atoms with Gasteiger partial charge in [-0.15, -0.1) is 0 Å². The second-order valence-corrected chi connectivity index (χ2v) is 8.37. The lowest BCUT2D eigenvalue weighted by atomic mass is 10.1. The predicted molar refractivity (Wildman–Crippen MR) is 121 cm³/mol. The number of benzene rings is 1. The van der Waals surface area contributed by atoms with E-state index in [2.05, 4.69) is 43.9 Å². The van der Waals surface area contributed by atoms with Crippen LogP contribution in [0.5, 0.6) is 0 Å². The molecule has 30 heavy (non-hydrogen) atoms. The first-order valence-corrected chi connectivity index (χ1v) is 11.0. The van der Waals surface area contributed by atoms with Crippen molar-refractivity contribution < 1.29 is 0 Å². The highest BCUT2D eigenvalue weighted by atomic mass is 16.2. The van der Waals surface area contributed by atoms with Crippen LogP contribution in [0.15, 0.2) is 27.8 Å². The molecule has 3 aromatic rings. The highest BCUT2D eigenvalue weighted by Gasteiger charge is 2.28. The van der Waals surface area contributed by atoms with Gasteiger partial charge >= 0.3 is 5.69 Å². The first-order chi connectivity index (χ1) is 14.4. The number of hydrogen-bond donors (Lipinski definition) is 0. The largest absolute Gasteiger partial charge is 0.332 e. The molecule has 0 amide bonds. The van der Waals surface area contributed by atoms with Crippen LogP contribution in [0.1, 0.15) is 50.2 Å². The number of aromatic nitrogens is 4. The number of unbranched alkanes of at least 4 members (excludes halogenated alkanes) is 4. The molecule has 0 fully saturated rings. The van der Waals surface area contributed by atoms with Crippen LogP contribution in [0.3, 0.4) is 0 Å². The summed E-state index contributed by atoms with van der Waals surface area (Å²) in [6.45, 7) is 8.28. The topological polar surface area (TPSA) is 65.1 Å². The quantitative estimate of drug-likeness (QED) is 0.559. The number of rotatable bonds is 7. The summed E-state index contributed by atoms with van der Waals surface area (Å²) >= 11 is 0. The van der Waals surface area contributed by atoms with Crippen molar-refractivity contribution >= 4 is 22.8 Å².